The van der Waals surface area contributed by atoms with Crippen molar-refractivity contribution in [1.82, 2.24) is 0 Å². The SMILES string of the molecule is CCCC[B-](F)(F)F.[K+]. The van der Waals surface area contributed by atoms with Crippen molar-refractivity contribution in [3.05, 3.63) is 0 Å². The molecule has 0 aliphatic carbocycles. The van der Waals surface area contributed by atoms with Crippen molar-refractivity contribution in [1.29, 1.82) is 0 Å². The Labute approximate surface area is 96.1 Å². The number of halogens is 3. The van der Waals surface area contributed by atoms with Gasteiger partial charge in [0.2, 0.25) is 0 Å². The Morgan fingerprint density at radius 2 is 1.67 bits per heavy atom. The maximum atomic E-state index is 11.3. The summed E-state index contributed by atoms with van der Waals surface area (Å²) in [6, 6.07) is 0. The Hall–Kier alpha value is 1.49. The second kappa shape index (κ2) is 6.22. The Bertz CT molecular complexity index is 63.3. The summed E-state index contributed by atoms with van der Waals surface area (Å²) in [4.78, 5) is 0. The molecule has 0 aromatic rings. The summed E-state index contributed by atoms with van der Waals surface area (Å²) >= 11 is 0. The van der Waals surface area contributed by atoms with Crippen LogP contribution in [0.5, 0.6) is 0 Å². The van der Waals surface area contributed by atoms with E-state index in [0.29, 0.717) is 6.42 Å². The van der Waals surface area contributed by atoms with Gasteiger partial charge in [-0.05, 0) is 0 Å². The molecule has 5 heteroatoms. The largest absolute Gasteiger partial charge is 1.00 e. The smallest absolute Gasteiger partial charge is 0.449 e. The van der Waals surface area contributed by atoms with Crippen LogP contribution in [-0.4, -0.2) is 6.98 Å². The maximum absolute atomic E-state index is 11.3. The first kappa shape index (κ1) is 13.1. The van der Waals surface area contributed by atoms with Gasteiger partial charge in [0.25, 0.3) is 0 Å². The number of unbranched alkanes of at least 4 members (excludes halogenated alkanes) is 1. The van der Waals surface area contributed by atoms with E-state index >= 15 is 0 Å². The quantitative estimate of drug-likeness (QED) is 0.499. The van der Waals surface area contributed by atoms with E-state index in [1.807, 2.05) is 0 Å². The molecule has 0 radical (unpaired) electrons. The van der Waals surface area contributed by atoms with Crippen LogP contribution in [-0.2, 0) is 0 Å². The first-order valence-electron chi connectivity index (χ1n) is 2.77. The second-order valence-electron chi connectivity index (χ2n) is 1.85. The minimum Gasteiger partial charge on any atom is -0.449 e. The number of hydrogen-bond donors (Lipinski definition) is 0. The van der Waals surface area contributed by atoms with E-state index in [9.17, 15) is 12.9 Å². The first-order valence-corrected chi connectivity index (χ1v) is 2.77. The van der Waals surface area contributed by atoms with Crippen LogP contribution in [0.3, 0.4) is 0 Å². The molecule has 0 atom stereocenters. The zero-order valence-electron chi connectivity index (χ0n) is 5.83. The van der Waals surface area contributed by atoms with Crippen LogP contribution in [0.4, 0.5) is 12.9 Å². The van der Waals surface area contributed by atoms with E-state index in [-0.39, 0.29) is 57.8 Å². The molecule has 0 fully saturated rings. The van der Waals surface area contributed by atoms with E-state index in [0.717, 1.165) is 0 Å². The van der Waals surface area contributed by atoms with Crippen LogP contribution in [0.2, 0.25) is 6.32 Å². The van der Waals surface area contributed by atoms with E-state index in [1.54, 1.807) is 6.92 Å². The third kappa shape index (κ3) is 12.6. The monoisotopic (exact) mass is 164 g/mol. The van der Waals surface area contributed by atoms with Crippen molar-refractivity contribution in [2.75, 3.05) is 0 Å². The molecule has 0 unspecified atom stereocenters. The molecule has 0 aromatic carbocycles. The van der Waals surface area contributed by atoms with Gasteiger partial charge in [-0.3, -0.25) is 0 Å². The van der Waals surface area contributed by atoms with Crippen molar-refractivity contribution >= 4 is 6.98 Å². The Kier molecular flexibility index (Phi) is 9.06. The fourth-order valence-electron chi connectivity index (χ4n) is 0.436. The van der Waals surface area contributed by atoms with Gasteiger partial charge in [0, 0.05) is 0 Å². The van der Waals surface area contributed by atoms with Crippen LogP contribution in [0.1, 0.15) is 19.8 Å². The van der Waals surface area contributed by atoms with Gasteiger partial charge in [-0.2, -0.15) is 0 Å². The molecule has 0 bridgehead atoms. The normalized spacial score (nSPS) is 10.7. The van der Waals surface area contributed by atoms with Crippen molar-refractivity contribution in [3.63, 3.8) is 0 Å². The summed E-state index contributed by atoms with van der Waals surface area (Å²) in [6.07, 6.45) is 0.335. The third-order valence-electron chi connectivity index (χ3n) is 0.885. The van der Waals surface area contributed by atoms with Crippen LogP contribution < -0.4 is 51.4 Å². The Morgan fingerprint density at radius 1 is 1.22 bits per heavy atom. The molecule has 0 rings (SSSR count). The summed E-state index contributed by atoms with van der Waals surface area (Å²) in [6.45, 7) is -2.75. The first-order chi connectivity index (χ1) is 3.56. The molecule has 0 saturated heterocycles. The number of rotatable bonds is 3. The van der Waals surface area contributed by atoms with Crippen molar-refractivity contribution < 1.29 is 64.3 Å². The fourth-order valence-corrected chi connectivity index (χ4v) is 0.436. The molecular weight excluding hydrogens is 155 g/mol. The minimum absolute atomic E-state index is 0. The van der Waals surface area contributed by atoms with E-state index < -0.39 is 13.3 Å². The Morgan fingerprint density at radius 3 is 1.78 bits per heavy atom. The maximum Gasteiger partial charge on any atom is 1.00 e. The summed E-state index contributed by atoms with van der Waals surface area (Å²) in [5.74, 6) is 0. The van der Waals surface area contributed by atoms with Crippen LogP contribution in [0.15, 0.2) is 0 Å². The van der Waals surface area contributed by atoms with Gasteiger partial charge in [0.1, 0.15) is 0 Å². The second-order valence-corrected chi connectivity index (χ2v) is 1.85. The van der Waals surface area contributed by atoms with Gasteiger partial charge in [-0.15, -0.1) is 0 Å². The molecule has 0 N–H and O–H groups in total. The van der Waals surface area contributed by atoms with Crippen LogP contribution in [0.25, 0.3) is 0 Å². The molecule has 50 valence electrons. The average Bonchev–Trinajstić information content (AvgIpc) is 1.59. The standard InChI is InChI=1S/C4H9BF3.K/c1-2-3-4-5(6,7)8;/h2-4H2,1H3;/q-1;+1. The van der Waals surface area contributed by atoms with E-state index in [2.05, 4.69) is 0 Å². The number of hydrogen-bond acceptors (Lipinski definition) is 0. The summed E-state index contributed by atoms with van der Waals surface area (Å²) < 4.78 is 33.9. The third-order valence-corrected chi connectivity index (χ3v) is 0.885. The van der Waals surface area contributed by atoms with Crippen molar-refractivity contribution in [3.8, 4) is 0 Å². The van der Waals surface area contributed by atoms with Gasteiger partial charge in [-0.1, -0.05) is 26.1 Å². The molecule has 0 aliphatic rings. The molecule has 0 heterocycles. The van der Waals surface area contributed by atoms with E-state index in [1.165, 1.54) is 0 Å². The van der Waals surface area contributed by atoms with Gasteiger partial charge in [0.05, 0.1) is 0 Å². The molecule has 0 nitrogen and oxygen atoms in total. The summed E-state index contributed by atoms with van der Waals surface area (Å²) in [5, 5.41) is 0. The topological polar surface area (TPSA) is 0 Å². The van der Waals surface area contributed by atoms with Gasteiger partial charge >= 0.3 is 58.4 Å². The van der Waals surface area contributed by atoms with Gasteiger partial charge in [0.15, 0.2) is 0 Å². The Balaban J connectivity index is 0. The predicted octanol–water partition coefficient (Wildman–Crippen LogP) is -0.362. The zero-order chi connectivity index (χ0) is 6.62. The van der Waals surface area contributed by atoms with Crippen LogP contribution >= 0.6 is 0 Å². The molecule has 9 heavy (non-hydrogen) atoms. The van der Waals surface area contributed by atoms with Crippen molar-refractivity contribution in [2.45, 2.75) is 26.1 Å². The molecule has 0 amide bonds. The molecule has 0 aromatic heterocycles. The molecular formula is C4H9BF3K. The molecule has 0 aliphatic heterocycles. The fraction of sp³-hybridized carbons (Fsp3) is 1.00. The minimum atomic E-state index is -4.50. The zero-order valence-corrected chi connectivity index (χ0v) is 8.96. The van der Waals surface area contributed by atoms with Gasteiger partial charge < -0.3 is 12.9 Å². The van der Waals surface area contributed by atoms with Gasteiger partial charge in [-0.25, -0.2) is 0 Å². The average molecular weight is 164 g/mol. The molecule has 0 spiro atoms. The molecule has 0 saturated carbocycles. The predicted molar refractivity (Wildman–Crippen MR) is 28.8 cm³/mol. The van der Waals surface area contributed by atoms with Crippen molar-refractivity contribution in [2.24, 2.45) is 0 Å². The summed E-state index contributed by atoms with van der Waals surface area (Å²) in [5.41, 5.74) is 0. The van der Waals surface area contributed by atoms with E-state index in [4.69, 9.17) is 0 Å². The van der Waals surface area contributed by atoms with Crippen LogP contribution in [0, 0.1) is 0 Å². The summed E-state index contributed by atoms with van der Waals surface area (Å²) in [7, 11) is 0.